The van der Waals surface area contributed by atoms with E-state index in [1.165, 1.54) is 0 Å². The lowest BCUT2D eigenvalue weighted by atomic mass is 9.99. The summed E-state index contributed by atoms with van der Waals surface area (Å²) in [5.41, 5.74) is 1.86. The van der Waals surface area contributed by atoms with Crippen molar-refractivity contribution in [3.05, 3.63) is 47.5 Å². The second-order valence-electron chi connectivity index (χ2n) is 8.49. The van der Waals surface area contributed by atoms with E-state index in [0.717, 1.165) is 11.1 Å². The highest BCUT2D eigenvalue weighted by molar-refractivity contribution is 7.91. The number of terminal acetylenes is 1. The van der Waals surface area contributed by atoms with Gasteiger partial charge in [0.25, 0.3) is 0 Å². The van der Waals surface area contributed by atoms with Crippen LogP contribution in [0.2, 0.25) is 0 Å². The maximum absolute atomic E-state index is 13.1. The summed E-state index contributed by atoms with van der Waals surface area (Å²) in [7, 11) is -1.86. The molecule has 0 aromatic heterocycles. The predicted molar refractivity (Wildman–Crippen MR) is 135 cm³/mol. The summed E-state index contributed by atoms with van der Waals surface area (Å²) in [6.45, 7) is 4.10. The summed E-state index contributed by atoms with van der Waals surface area (Å²) >= 11 is 0. The van der Waals surface area contributed by atoms with Crippen LogP contribution in [0.4, 0.5) is 0 Å². The van der Waals surface area contributed by atoms with E-state index in [4.69, 9.17) is 6.42 Å². The first-order valence-corrected chi connectivity index (χ1v) is 13.1. The molecule has 0 saturated carbocycles. The van der Waals surface area contributed by atoms with Crippen LogP contribution in [0.5, 0.6) is 0 Å². The molecule has 188 valence electrons. The Morgan fingerprint density at radius 2 is 1.85 bits per heavy atom. The van der Waals surface area contributed by atoms with Crippen LogP contribution >= 0.6 is 0 Å². The minimum Gasteiger partial charge on any atom is -0.391 e. The number of rotatable bonds is 15. The van der Waals surface area contributed by atoms with Crippen molar-refractivity contribution in [1.82, 2.24) is 16.0 Å². The summed E-state index contributed by atoms with van der Waals surface area (Å²) in [4.78, 5) is 25.8. The van der Waals surface area contributed by atoms with Crippen LogP contribution < -0.4 is 16.0 Å². The highest BCUT2D eigenvalue weighted by Gasteiger charge is 2.29. The monoisotopic (exact) mass is 491 g/mol. The Morgan fingerprint density at radius 1 is 1.18 bits per heavy atom. The standard InChI is InChI=1S/C25H37N3O5S/c1-5-9-23(25(31)27-17-22(29)13-12-19(2)3)28-24(30)21(16-20-10-7-6-8-11-20)18-34(32,33)15-14-26-4/h1,6-8,10-12,21-23,26,29H,9,13-18H2,2-4H3,(H,27,31)(H,28,30)/t21?,22-,23-/m0/s1. The van der Waals surface area contributed by atoms with Crippen LogP contribution in [0, 0.1) is 18.3 Å². The molecule has 3 atom stereocenters. The van der Waals surface area contributed by atoms with Gasteiger partial charge in [0.15, 0.2) is 9.84 Å². The number of aliphatic hydroxyl groups excluding tert-OH is 1. The Bertz CT molecular complexity index is 951. The van der Waals surface area contributed by atoms with Gasteiger partial charge in [-0.15, -0.1) is 12.3 Å². The SMILES string of the molecule is C#CC[C@H](NC(=O)C(Cc1ccccc1)CS(=O)(=O)CCNC)C(=O)NC[C@@H](O)CC=C(C)C. The zero-order valence-electron chi connectivity index (χ0n) is 20.2. The molecule has 1 unspecified atom stereocenters. The molecule has 1 aromatic rings. The van der Waals surface area contributed by atoms with Gasteiger partial charge in [0.2, 0.25) is 11.8 Å². The minimum absolute atomic E-state index is 0.00535. The molecule has 0 fully saturated rings. The van der Waals surface area contributed by atoms with Gasteiger partial charge in [-0.1, -0.05) is 42.0 Å². The van der Waals surface area contributed by atoms with Gasteiger partial charge in [-0.25, -0.2) is 8.42 Å². The van der Waals surface area contributed by atoms with E-state index < -0.39 is 39.7 Å². The van der Waals surface area contributed by atoms with Crippen molar-refractivity contribution in [1.29, 1.82) is 0 Å². The quantitative estimate of drug-likeness (QED) is 0.213. The molecule has 1 aromatic carbocycles. The first kappa shape index (κ1) is 29.4. The summed E-state index contributed by atoms with van der Waals surface area (Å²) in [5, 5.41) is 18.1. The van der Waals surface area contributed by atoms with Crippen molar-refractivity contribution in [2.75, 3.05) is 31.6 Å². The van der Waals surface area contributed by atoms with Crippen molar-refractivity contribution < 1.29 is 23.1 Å². The van der Waals surface area contributed by atoms with Gasteiger partial charge in [-0.2, -0.15) is 0 Å². The zero-order valence-corrected chi connectivity index (χ0v) is 21.0. The number of nitrogens with one attached hydrogen (secondary N) is 3. The smallest absolute Gasteiger partial charge is 0.243 e. The summed E-state index contributed by atoms with van der Waals surface area (Å²) < 4.78 is 25.1. The fourth-order valence-corrected chi connectivity index (χ4v) is 4.75. The third-order valence-corrected chi connectivity index (χ3v) is 6.82. The van der Waals surface area contributed by atoms with Crippen LogP contribution in [0.1, 0.15) is 32.3 Å². The Kier molecular flexibility index (Phi) is 13.2. The maximum Gasteiger partial charge on any atom is 0.243 e. The van der Waals surface area contributed by atoms with Gasteiger partial charge in [0.1, 0.15) is 6.04 Å². The molecule has 9 heteroatoms. The molecule has 0 spiro atoms. The molecule has 2 amide bonds. The Labute approximate surface area is 203 Å². The van der Waals surface area contributed by atoms with Gasteiger partial charge < -0.3 is 21.1 Å². The molecular weight excluding hydrogens is 454 g/mol. The molecular formula is C25H37N3O5S. The topological polar surface area (TPSA) is 125 Å². The Hall–Kier alpha value is -2.67. The fraction of sp³-hybridized carbons (Fsp3) is 0.520. The van der Waals surface area contributed by atoms with Crippen molar-refractivity contribution in [2.24, 2.45) is 5.92 Å². The first-order valence-electron chi connectivity index (χ1n) is 11.3. The third-order valence-electron chi connectivity index (χ3n) is 5.08. The van der Waals surface area contributed by atoms with Crippen LogP contribution in [-0.2, 0) is 25.8 Å². The molecule has 0 saturated heterocycles. The molecule has 0 aliphatic rings. The number of allylic oxidation sites excluding steroid dienone is 1. The van der Waals surface area contributed by atoms with E-state index in [2.05, 4.69) is 21.9 Å². The van der Waals surface area contributed by atoms with Crippen LogP contribution in [0.3, 0.4) is 0 Å². The first-order chi connectivity index (χ1) is 16.1. The van der Waals surface area contributed by atoms with E-state index >= 15 is 0 Å². The lowest BCUT2D eigenvalue weighted by Gasteiger charge is -2.22. The Balaban J connectivity index is 2.92. The highest BCUT2D eigenvalue weighted by atomic mass is 32.2. The van der Waals surface area contributed by atoms with Crippen molar-refractivity contribution in [3.63, 3.8) is 0 Å². The number of carbonyl (C=O) groups excluding carboxylic acids is 2. The van der Waals surface area contributed by atoms with Crippen molar-refractivity contribution in [3.8, 4) is 12.3 Å². The molecule has 34 heavy (non-hydrogen) atoms. The van der Waals surface area contributed by atoms with E-state index in [1.807, 2.05) is 50.3 Å². The molecule has 0 bridgehead atoms. The summed E-state index contributed by atoms with van der Waals surface area (Å²) in [6.07, 6.45) is 7.01. The van der Waals surface area contributed by atoms with Crippen LogP contribution in [0.15, 0.2) is 42.0 Å². The van der Waals surface area contributed by atoms with E-state index in [1.54, 1.807) is 7.05 Å². The number of hydrogen-bond acceptors (Lipinski definition) is 6. The molecule has 0 radical (unpaired) electrons. The second-order valence-corrected chi connectivity index (χ2v) is 10.7. The number of hydrogen-bond donors (Lipinski definition) is 4. The average Bonchev–Trinajstić information content (AvgIpc) is 2.79. The maximum atomic E-state index is 13.1. The highest BCUT2D eigenvalue weighted by Crippen LogP contribution is 2.13. The van der Waals surface area contributed by atoms with E-state index in [0.29, 0.717) is 6.42 Å². The largest absolute Gasteiger partial charge is 0.391 e. The lowest BCUT2D eigenvalue weighted by molar-refractivity contribution is -0.130. The predicted octanol–water partition coefficient (Wildman–Crippen LogP) is 0.821. The second kappa shape index (κ2) is 15.3. The fourth-order valence-electron chi connectivity index (χ4n) is 3.19. The number of amides is 2. The molecule has 0 aliphatic carbocycles. The minimum atomic E-state index is -3.51. The van der Waals surface area contributed by atoms with Crippen LogP contribution in [-0.4, -0.2) is 69.1 Å². The zero-order chi connectivity index (χ0) is 25.6. The lowest BCUT2D eigenvalue weighted by Crippen LogP contribution is -2.50. The summed E-state index contributed by atoms with van der Waals surface area (Å²) in [6, 6.07) is 8.07. The van der Waals surface area contributed by atoms with Gasteiger partial charge in [0.05, 0.1) is 23.5 Å². The molecule has 0 heterocycles. The Morgan fingerprint density at radius 3 is 2.44 bits per heavy atom. The average molecular weight is 492 g/mol. The van der Waals surface area contributed by atoms with Gasteiger partial charge in [-0.3, -0.25) is 9.59 Å². The molecule has 0 aliphatic heterocycles. The van der Waals surface area contributed by atoms with E-state index in [-0.39, 0.29) is 37.4 Å². The number of aliphatic hydroxyl groups is 1. The molecule has 1 rings (SSSR count). The number of sulfone groups is 1. The normalized spacial score (nSPS) is 13.7. The van der Waals surface area contributed by atoms with Gasteiger partial charge >= 0.3 is 0 Å². The number of carbonyl (C=O) groups is 2. The summed E-state index contributed by atoms with van der Waals surface area (Å²) in [5.74, 6) is -0.0458. The van der Waals surface area contributed by atoms with E-state index in [9.17, 15) is 23.1 Å². The van der Waals surface area contributed by atoms with Crippen LogP contribution in [0.25, 0.3) is 0 Å². The van der Waals surface area contributed by atoms with Crippen molar-refractivity contribution in [2.45, 2.75) is 45.3 Å². The third kappa shape index (κ3) is 12.0. The number of benzene rings is 1. The van der Waals surface area contributed by atoms with Gasteiger partial charge in [-0.05, 0) is 39.3 Å². The molecule has 8 nitrogen and oxygen atoms in total. The van der Waals surface area contributed by atoms with Crippen molar-refractivity contribution >= 4 is 21.7 Å². The molecule has 4 N–H and O–H groups in total. The van der Waals surface area contributed by atoms with Gasteiger partial charge in [0, 0.05) is 19.5 Å².